The van der Waals surface area contributed by atoms with Crippen LogP contribution in [0.5, 0.6) is 5.75 Å². The van der Waals surface area contributed by atoms with Crippen molar-refractivity contribution < 1.29 is 5.11 Å². The van der Waals surface area contributed by atoms with Crippen LogP contribution < -0.4 is 5.73 Å². The maximum absolute atomic E-state index is 9.47. The second-order valence-electron chi connectivity index (χ2n) is 7.93. The Morgan fingerprint density at radius 3 is 2.41 bits per heavy atom. The van der Waals surface area contributed by atoms with Crippen LogP contribution in [-0.4, -0.2) is 29.1 Å². The van der Waals surface area contributed by atoms with Crippen molar-refractivity contribution in [2.75, 3.05) is 13.1 Å². The molecule has 1 saturated carbocycles. The third-order valence-corrected chi connectivity index (χ3v) is 6.23. The van der Waals surface area contributed by atoms with Crippen molar-refractivity contribution in [3.63, 3.8) is 0 Å². The first-order chi connectivity index (χ1) is 13.2. The number of aliphatic imine (C=N–C) groups is 1. The highest BCUT2D eigenvalue weighted by Gasteiger charge is 2.46. The monoisotopic (exact) mass is 363 g/mol. The van der Waals surface area contributed by atoms with Crippen LogP contribution in [0.25, 0.3) is 0 Å². The van der Waals surface area contributed by atoms with Crippen molar-refractivity contribution in [1.82, 2.24) is 4.90 Å². The van der Waals surface area contributed by atoms with E-state index in [0.717, 1.165) is 19.5 Å². The van der Waals surface area contributed by atoms with E-state index in [1.54, 1.807) is 12.1 Å². The first kappa shape index (κ1) is 17.9. The molecule has 0 radical (unpaired) electrons. The number of aromatic hydroxyl groups is 1. The second-order valence-corrected chi connectivity index (χ2v) is 7.93. The van der Waals surface area contributed by atoms with E-state index in [2.05, 4.69) is 35.2 Å². The van der Waals surface area contributed by atoms with Gasteiger partial charge >= 0.3 is 0 Å². The first-order valence-electron chi connectivity index (χ1n) is 10.1. The smallest absolute Gasteiger partial charge is 0.192 e. The minimum absolute atomic E-state index is 0.208. The lowest BCUT2D eigenvalue weighted by Crippen LogP contribution is -2.42. The third kappa shape index (κ3) is 3.66. The molecule has 0 bridgehead atoms. The van der Waals surface area contributed by atoms with E-state index >= 15 is 0 Å². The van der Waals surface area contributed by atoms with Crippen molar-refractivity contribution >= 4 is 5.96 Å². The largest absolute Gasteiger partial charge is 0.508 e. The number of hydrogen-bond donors (Lipinski definition) is 2. The number of guanidine groups is 1. The third-order valence-electron chi connectivity index (χ3n) is 6.23. The van der Waals surface area contributed by atoms with Gasteiger partial charge in [-0.3, -0.25) is 0 Å². The molecule has 2 aromatic carbocycles. The molecule has 1 unspecified atom stereocenters. The molecule has 4 heteroatoms. The fourth-order valence-electron chi connectivity index (χ4n) is 4.72. The van der Waals surface area contributed by atoms with E-state index in [1.165, 1.54) is 43.2 Å². The minimum Gasteiger partial charge on any atom is -0.508 e. The van der Waals surface area contributed by atoms with E-state index in [-0.39, 0.29) is 5.54 Å². The number of hydrogen-bond acceptors (Lipinski definition) is 4. The predicted octanol–water partition coefficient (Wildman–Crippen LogP) is 4.04. The molecule has 0 saturated heterocycles. The summed E-state index contributed by atoms with van der Waals surface area (Å²) in [4.78, 5) is 7.35. The number of rotatable bonds is 5. The molecule has 1 aliphatic heterocycles. The molecule has 27 heavy (non-hydrogen) atoms. The highest BCUT2D eigenvalue weighted by atomic mass is 16.3. The molecule has 2 aliphatic rings. The molecule has 3 N–H and O–H groups in total. The SMILES string of the molecule is NC1=NC(c2ccccc2)(C2CCCCC2)CN1CCc1ccc(O)cc1. The van der Waals surface area contributed by atoms with Gasteiger partial charge in [-0.25, -0.2) is 4.99 Å². The van der Waals surface area contributed by atoms with Crippen LogP contribution in [0.3, 0.4) is 0 Å². The minimum atomic E-state index is -0.208. The summed E-state index contributed by atoms with van der Waals surface area (Å²) in [7, 11) is 0. The van der Waals surface area contributed by atoms with Gasteiger partial charge in [0.05, 0.1) is 6.54 Å². The van der Waals surface area contributed by atoms with Crippen molar-refractivity contribution in [2.45, 2.75) is 44.1 Å². The molecule has 1 aliphatic carbocycles. The van der Waals surface area contributed by atoms with Crippen molar-refractivity contribution in [3.05, 3.63) is 65.7 Å². The summed E-state index contributed by atoms with van der Waals surface area (Å²) in [5.41, 5.74) is 8.72. The lowest BCUT2D eigenvalue weighted by Gasteiger charge is -2.38. The van der Waals surface area contributed by atoms with E-state index < -0.39 is 0 Å². The lowest BCUT2D eigenvalue weighted by molar-refractivity contribution is 0.191. The second kappa shape index (κ2) is 7.63. The van der Waals surface area contributed by atoms with Crippen molar-refractivity contribution in [3.8, 4) is 5.75 Å². The van der Waals surface area contributed by atoms with Crippen molar-refractivity contribution in [2.24, 2.45) is 16.6 Å². The molecule has 0 spiro atoms. The van der Waals surface area contributed by atoms with E-state index in [1.807, 2.05) is 12.1 Å². The van der Waals surface area contributed by atoms with Gasteiger partial charge in [0.15, 0.2) is 5.96 Å². The summed E-state index contributed by atoms with van der Waals surface area (Å²) < 4.78 is 0. The Kier molecular flexibility index (Phi) is 5.06. The summed E-state index contributed by atoms with van der Waals surface area (Å²) in [6.45, 7) is 1.72. The zero-order valence-electron chi connectivity index (χ0n) is 15.8. The van der Waals surface area contributed by atoms with Crippen LogP contribution in [0.2, 0.25) is 0 Å². The highest BCUT2D eigenvalue weighted by molar-refractivity contribution is 5.81. The molecule has 1 fully saturated rings. The van der Waals surface area contributed by atoms with Crippen LogP contribution in [-0.2, 0) is 12.0 Å². The van der Waals surface area contributed by atoms with Crippen molar-refractivity contribution in [1.29, 1.82) is 0 Å². The van der Waals surface area contributed by atoms with Gasteiger partial charge in [-0.15, -0.1) is 0 Å². The molecule has 142 valence electrons. The summed E-state index contributed by atoms with van der Waals surface area (Å²) in [5.74, 6) is 1.54. The number of phenols is 1. The Morgan fingerprint density at radius 2 is 1.70 bits per heavy atom. The fourth-order valence-corrected chi connectivity index (χ4v) is 4.72. The summed E-state index contributed by atoms with van der Waals surface area (Å²) >= 11 is 0. The molecule has 1 heterocycles. The number of phenolic OH excluding ortho intramolecular Hbond substituents is 1. The Bertz CT molecular complexity index is 781. The Balaban J connectivity index is 1.55. The number of nitrogens with two attached hydrogens (primary N) is 1. The van der Waals surface area contributed by atoms with Gasteiger partial charge in [-0.05, 0) is 48.4 Å². The van der Waals surface area contributed by atoms with Crippen LogP contribution in [0, 0.1) is 5.92 Å². The zero-order valence-corrected chi connectivity index (χ0v) is 15.8. The predicted molar refractivity (Wildman–Crippen MR) is 110 cm³/mol. The normalized spacial score (nSPS) is 23.4. The lowest BCUT2D eigenvalue weighted by atomic mass is 9.71. The summed E-state index contributed by atoms with van der Waals surface area (Å²) in [5, 5.41) is 9.47. The fraction of sp³-hybridized carbons (Fsp3) is 0.435. The molecular formula is C23H29N3O. The van der Waals surface area contributed by atoms with Gasteiger partial charge in [-0.2, -0.15) is 0 Å². The maximum Gasteiger partial charge on any atom is 0.192 e. The molecule has 0 amide bonds. The van der Waals surface area contributed by atoms with E-state index in [9.17, 15) is 5.11 Å². The van der Waals surface area contributed by atoms with Gasteiger partial charge < -0.3 is 15.7 Å². The van der Waals surface area contributed by atoms with Crippen LogP contribution in [0.1, 0.15) is 43.2 Å². The van der Waals surface area contributed by atoms with Gasteiger partial charge in [0.2, 0.25) is 0 Å². The topological polar surface area (TPSA) is 61.8 Å². The van der Waals surface area contributed by atoms with Crippen LogP contribution >= 0.6 is 0 Å². The standard InChI is InChI=1S/C23H29N3O/c24-22-25-23(19-7-3-1-4-8-19,20-9-5-2-6-10-20)17-26(22)16-15-18-11-13-21(27)14-12-18/h1,3-4,7-8,11-14,20,27H,2,5-6,9-10,15-17H2,(H2,24,25). The Morgan fingerprint density at radius 1 is 1.00 bits per heavy atom. The summed E-state index contributed by atoms with van der Waals surface area (Å²) in [6.07, 6.45) is 7.29. The quantitative estimate of drug-likeness (QED) is 0.843. The average molecular weight is 364 g/mol. The number of nitrogens with zero attached hydrogens (tertiary/aromatic N) is 2. The average Bonchev–Trinajstić information content (AvgIpc) is 3.06. The van der Waals surface area contributed by atoms with Gasteiger partial charge in [0, 0.05) is 6.54 Å². The highest BCUT2D eigenvalue weighted by Crippen LogP contribution is 2.45. The molecule has 4 rings (SSSR count). The molecule has 4 nitrogen and oxygen atoms in total. The van der Waals surface area contributed by atoms with Gasteiger partial charge in [0.25, 0.3) is 0 Å². The van der Waals surface area contributed by atoms with Gasteiger partial charge in [-0.1, -0.05) is 61.7 Å². The van der Waals surface area contributed by atoms with Crippen LogP contribution in [0.15, 0.2) is 59.6 Å². The zero-order chi connectivity index (χ0) is 18.7. The van der Waals surface area contributed by atoms with Gasteiger partial charge in [0.1, 0.15) is 11.3 Å². The molecule has 0 aromatic heterocycles. The molecule has 1 atom stereocenters. The molecule has 2 aromatic rings. The molecular weight excluding hydrogens is 334 g/mol. The number of benzene rings is 2. The van der Waals surface area contributed by atoms with E-state index in [4.69, 9.17) is 10.7 Å². The Labute approximate surface area is 161 Å². The first-order valence-corrected chi connectivity index (χ1v) is 10.1. The van der Waals surface area contributed by atoms with Crippen LogP contribution in [0.4, 0.5) is 0 Å². The Hall–Kier alpha value is -2.49. The van der Waals surface area contributed by atoms with E-state index in [0.29, 0.717) is 17.6 Å². The summed E-state index contributed by atoms with van der Waals surface area (Å²) in [6, 6.07) is 18.2. The maximum atomic E-state index is 9.47.